The van der Waals surface area contributed by atoms with E-state index in [1.165, 1.54) is 0 Å². The van der Waals surface area contributed by atoms with E-state index in [0.29, 0.717) is 12.3 Å². The minimum atomic E-state index is -0.0736. The number of benzene rings is 2. The predicted octanol–water partition coefficient (Wildman–Crippen LogP) is 1.89. The number of fused-ring (bicyclic) bond motifs is 1. The number of aromatic hydroxyl groups is 1. The zero-order chi connectivity index (χ0) is 11.5. The van der Waals surface area contributed by atoms with E-state index in [9.17, 15) is 5.11 Å². The fourth-order valence-corrected chi connectivity index (χ4v) is 1.96. The van der Waals surface area contributed by atoms with Gasteiger partial charge in [0, 0.05) is 11.4 Å². The molecule has 2 rings (SSSR count). The van der Waals surface area contributed by atoms with Gasteiger partial charge >= 0.3 is 0 Å². The van der Waals surface area contributed by atoms with Crippen molar-refractivity contribution in [3.63, 3.8) is 0 Å². The van der Waals surface area contributed by atoms with Crippen LogP contribution >= 0.6 is 0 Å². The molecule has 2 aromatic carbocycles. The summed E-state index contributed by atoms with van der Waals surface area (Å²) in [6, 6.07) is 11.2. The lowest BCUT2D eigenvalue weighted by atomic mass is 9.97. The van der Waals surface area contributed by atoms with E-state index < -0.39 is 0 Å². The molecule has 0 aliphatic rings. The quantitative estimate of drug-likeness (QED) is 0.733. The number of hydrogen-bond acceptors (Lipinski definition) is 3. The summed E-state index contributed by atoms with van der Waals surface area (Å²) >= 11 is 0. The third kappa shape index (κ3) is 1.87. The Labute approximate surface area is 94.7 Å². The number of nitrogens with two attached hydrogens (primary N) is 2. The van der Waals surface area contributed by atoms with Crippen LogP contribution < -0.4 is 11.5 Å². The molecule has 0 unspecified atom stereocenters. The monoisotopic (exact) mass is 216 g/mol. The average Bonchev–Trinajstić information content (AvgIpc) is 2.30. The first-order chi connectivity index (χ1) is 7.74. The van der Waals surface area contributed by atoms with Gasteiger partial charge in [0.2, 0.25) is 0 Å². The molecule has 0 spiro atoms. The van der Waals surface area contributed by atoms with Crippen molar-refractivity contribution in [2.75, 3.05) is 6.54 Å². The molecule has 0 fully saturated rings. The molecular formula is C13H16N2O. The van der Waals surface area contributed by atoms with Gasteiger partial charge in [-0.2, -0.15) is 0 Å². The van der Waals surface area contributed by atoms with Crippen molar-refractivity contribution < 1.29 is 5.11 Å². The van der Waals surface area contributed by atoms with Crippen LogP contribution in [0.3, 0.4) is 0 Å². The van der Waals surface area contributed by atoms with E-state index in [1.54, 1.807) is 6.07 Å². The smallest absolute Gasteiger partial charge is 0.123 e. The van der Waals surface area contributed by atoms with Crippen LogP contribution in [0, 0.1) is 0 Å². The molecule has 0 amide bonds. The average molecular weight is 216 g/mol. The number of phenols is 1. The Morgan fingerprint density at radius 3 is 2.44 bits per heavy atom. The van der Waals surface area contributed by atoms with Crippen molar-refractivity contribution in [1.29, 1.82) is 0 Å². The second kappa shape index (κ2) is 4.51. The molecule has 5 N–H and O–H groups in total. The summed E-state index contributed by atoms with van der Waals surface area (Å²) < 4.78 is 0. The van der Waals surface area contributed by atoms with Crippen LogP contribution in [0.25, 0.3) is 10.8 Å². The van der Waals surface area contributed by atoms with E-state index >= 15 is 0 Å². The molecule has 3 nitrogen and oxygen atoms in total. The summed E-state index contributed by atoms with van der Waals surface area (Å²) in [6.07, 6.45) is 0.745. The van der Waals surface area contributed by atoms with Gasteiger partial charge < -0.3 is 16.6 Å². The van der Waals surface area contributed by atoms with Gasteiger partial charge in [0.1, 0.15) is 5.75 Å². The van der Waals surface area contributed by atoms with Gasteiger partial charge in [0.15, 0.2) is 0 Å². The number of hydrogen-bond donors (Lipinski definition) is 3. The highest BCUT2D eigenvalue weighted by molar-refractivity contribution is 5.91. The molecule has 0 aliphatic carbocycles. The van der Waals surface area contributed by atoms with Crippen LogP contribution in [0.2, 0.25) is 0 Å². The Morgan fingerprint density at radius 1 is 1.06 bits per heavy atom. The summed E-state index contributed by atoms with van der Waals surface area (Å²) in [5.74, 6) is 0.291. The van der Waals surface area contributed by atoms with Gasteiger partial charge in [0.25, 0.3) is 0 Å². The molecule has 0 saturated carbocycles. The third-order valence-corrected chi connectivity index (χ3v) is 2.81. The molecule has 16 heavy (non-hydrogen) atoms. The zero-order valence-corrected chi connectivity index (χ0v) is 9.06. The van der Waals surface area contributed by atoms with Crippen molar-refractivity contribution in [3.05, 3.63) is 42.0 Å². The third-order valence-electron chi connectivity index (χ3n) is 2.81. The molecule has 0 bridgehead atoms. The highest BCUT2D eigenvalue weighted by Crippen LogP contribution is 2.30. The Balaban J connectivity index is 2.58. The molecule has 0 saturated heterocycles. The highest BCUT2D eigenvalue weighted by Gasteiger charge is 2.10. The van der Waals surface area contributed by atoms with E-state index in [4.69, 9.17) is 11.5 Å². The van der Waals surface area contributed by atoms with E-state index in [-0.39, 0.29) is 6.04 Å². The molecule has 1 atom stereocenters. The molecule has 3 heteroatoms. The molecule has 2 aromatic rings. The molecule has 0 radical (unpaired) electrons. The summed E-state index contributed by atoms with van der Waals surface area (Å²) in [5, 5.41) is 11.6. The Bertz CT molecular complexity index is 496. The lowest BCUT2D eigenvalue weighted by Crippen LogP contribution is -2.15. The van der Waals surface area contributed by atoms with E-state index in [1.807, 2.05) is 30.3 Å². The summed E-state index contributed by atoms with van der Waals surface area (Å²) in [6.45, 7) is 0.566. The van der Waals surface area contributed by atoms with Crippen LogP contribution in [-0.4, -0.2) is 11.7 Å². The maximum atomic E-state index is 9.74. The summed E-state index contributed by atoms with van der Waals surface area (Å²) in [4.78, 5) is 0. The van der Waals surface area contributed by atoms with E-state index in [2.05, 4.69) is 0 Å². The van der Waals surface area contributed by atoms with Gasteiger partial charge in [-0.25, -0.2) is 0 Å². The van der Waals surface area contributed by atoms with Crippen molar-refractivity contribution in [2.24, 2.45) is 11.5 Å². The SMILES string of the molecule is NCC[C@H](N)c1ccc(O)c2ccccc12. The van der Waals surface area contributed by atoms with Crippen LogP contribution in [0.15, 0.2) is 36.4 Å². The van der Waals surface area contributed by atoms with Crippen molar-refractivity contribution in [3.8, 4) is 5.75 Å². The van der Waals surface area contributed by atoms with Gasteiger partial charge in [-0.05, 0) is 30.0 Å². The first kappa shape index (κ1) is 10.9. The van der Waals surface area contributed by atoms with Gasteiger partial charge in [-0.15, -0.1) is 0 Å². The minimum Gasteiger partial charge on any atom is -0.507 e. The molecule has 0 heterocycles. The first-order valence-electron chi connectivity index (χ1n) is 5.40. The minimum absolute atomic E-state index is 0.0736. The normalized spacial score (nSPS) is 12.9. The Hall–Kier alpha value is -1.58. The fourth-order valence-electron chi connectivity index (χ4n) is 1.96. The topological polar surface area (TPSA) is 72.3 Å². The number of rotatable bonds is 3. The Kier molecular flexibility index (Phi) is 3.08. The van der Waals surface area contributed by atoms with Gasteiger partial charge in [-0.1, -0.05) is 30.3 Å². The number of phenolic OH excluding ortho intramolecular Hbond substituents is 1. The lowest BCUT2D eigenvalue weighted by Gasteiger charge is -2.14. The second-order valence-corrected chi connectivity index (χ2v) is 3.90. The summed E-state index contributed by atoms with van der Waals surface area (Å²) in [7, 11) is 0. The van der Waals surface area contributed by atoms with Gasteiger partial charge in [-0.3, -0.25) is 0 Å². The Morgan fingerprint density at radius 2 is 1.75 bits per heavy atom. The predicted molar refractivity (Wildman–Crippen MR) is 66.2 cm³/mol. The molecule has 0 aliphatic heterocycles. The highest BCUT2D eigenvalue weighted by atomic mass is 16.3. The fraction of sp³-hybridized carbons (Fsp3) is 0.231. The summed E-state index contributed by atoms with van der Waals surface area (Å²) in [5.41, 5.74) is 12.6. The standard InChI is InChI=1S/C13H16N2O/c14-8-7-12(15)10-5-6-13(16)11-4-2-1-3-9(10)11/h1-6,12,16H,7-8,14-15H2/t12-/m0/s1. The largest absolute Gasteiger partial charge is 0.507 e. The van der Waals surface area contributed by atoms with Crippen LogP contribution in [0.5, 0.6) is 5.75 Å². The van der Waals surface area contributed by atoms with Crippen LogP contribution in [0.1, 0.15) is 18.0 Å². The lowest BCUT2D eigenvalue weighted by molar-refractivity contribution is 0.481. The van der Waals surface area contributed by atoms with Crippen molar-refractivity contribution in [2.45, 2.75) is 12.5 Å². The van der Waals surface area contributed by atoms with Gasteiger partial charge in [0.05, 0.1) is 0 Å². The first-order valence-corrected chi connectivity index (χ1v) is 5.40. The molecule has 0 aromatic heterocycles. The van der Waals surface area contributed by atoms with E-state index in [0.717, 1.165) is 22.8 Å². The molecule has 84 valence electrons. The van der Waals surface area contributed by atoms with Crippen molar-refractivity contribution >= 4 is 10.8 Å². The second-order valence-electron chi connectivity index (χ2n) is 3.90. The van der Waals surface area contributed by atoms with Crippen LogP contribution in [-0.2, 0) is 0 Å². The maximum absolute atomic E-state index is 9.74. The zero-order valence-electron chi connectivity index (χ0n) is 9.06. The molecular weight excluding hydrogens is 200 g/mol. The maximum Gasteiger partial charge on any atom is 0.123 e. The van der Waals surface area contributed by atoms with Crippen LogP contribution in [0.4, 0.5) is 0 Å². The van der Waals surface area contributed by atoms with Crippen molar-refractivity contribution in [1.82, 2.24) is 0 Å².